The Balaban J connectivity index is 2.48. The topological polar surface area (TPSA) is 64.4 Å². The Labute approximate surface area is 124 Å². The summed E-state index contributed by atoms with van der Waals surface area (Å²) in [5.41, 5.74) is 4.79. The first-order valence-electron chi connectivity index (χ1n) is 6.86. The van der Waals surface area contributed by atoms with Crippen molar-refractivity contribution < 1.29 is 14.6 Å². The lowest BCUT2D eigenvalue weighted by Crippen LogP contribution is -2.03. The highest BCUT2D eigenvalue weighted by Crippen LogP contribution is 2.27. The molecule has 0 radical (unpaired) electrons. The number of aromatic nitrogens is 2. The molecule has 0 aliphatic carbocycles. The van der Waals surface area contributed by atoms with E-state index in [0.29, 0.717) is 6.42 Å². The number of carbonyl (C=O) groups is 1. The first-order valence-corrected chi connectivity index (χ1v) is 6.86. The summed E-state index contributed by atoms with van der Waals surface area (Å²) in [4.78, 5) is 10.8. The molecule has 0 unspecified atom stereocenters. The maximum atomic E-state index is 10.8. The van der Waals surface area contributed by atoms with Gasteiger partial charge in [0.1, 0.15) is 11.4 Å². The number of hydrogen-bond donors (Lipinski definition) is 1. The molecule has 0 saturated heterocycles. The van der Waals surface area contributed by atoms with Gasteiger partial charge in [-0.15, -0.1) is 0 Å². The number of rotatable bonds is 5. The minimum absolute atomic E-state index is 0.109. The summed E-state index contributed by atoms with van der Waals surface area (Å²) in [5, 5.41) is 13.4. The maximum Gasteiger partial charge on any atom is 0.303 e. The minimum atomic E-state index is -0.797. The molecule has 1 aromatic carbocycles. The Morgan fingerprint density at radius 3 is 2.67 bits per heavy atom. The smallest absolute Gasteiger partial charge is 0.303 e. The van der Waals surface area contributed by atoms with Crippen LogP contribution in [-0.4, -0.2) is 28.0 Å². The Morgan fingerprint density at radius 1 is 1.33 bits per heavy atom. The second-order valence-electron chi connectivity index (χ2n) is 5.13. The maximum absolute atomic E-state index is 10.8. The molecule has 5 nitrogen and oxygen atoms in total. The molecule has 2 aromatic rings. The molecule has 0 bridgehead atoms. The second-order valence-corrected chi connectivity index (χ2v) is 5.13. The zero-order chi connectivity index (χ0) is 15.6. The van der Waals surface area contributed by atoms with E-state index in [0.717, 1.165) is 34.0 Å². The number of benzene rings is 1. The standard InChI is InChI=1S/C16H20N2O3/c1-10-5-7-15(21-4)14(9-10)18-12(3)13(11(2)17-18)6-8-16(19)20/h5,7,9H,6,8H2,1-4H3,(H,19,20). The van der Waals surface area contributed by atoms with Crippen molar-refractivity contribution in [3.05, 3.63) is 40.7 Å². The summed E-state index contributed by atoms with van der Waals surface area (Å²) in [5.74, 6) is -0.0503. The van der Waals surface area contributed by atoms with Crippen LogP contribution in [-0.2, 0) is 11.2 Å². The fourth-order valence-corrected chi connectivity index (χ4v) is 2.47. The molecule has 0 aliphatic rings. The fraction of sp³-hybridized carbons (Fsp3) is 0.375. The van der Waals surface area contributed by atoms with E-state index in [2.05, 4.69) is 5.10 Å². The van der Waals surface area contributed by atoms with Crippen molar-refractivity contribution in [1.82, 2.24) is 9.78 Å². The highest BCUT2D eigenvalue weighted by Gasteiger charge is 2.16. The minimum Gasteiger partial charge on any atom is -0.494 e. The Bertz CT molecular complexity index is 674. The van der Waals surface area contributed by atoms with E-state index in [-0.39, 0.29) is 6.42 Å². The number of nitrogens with zero attached hydrogens (tertiary/aromatic N) is 2. The van der Waals surface area contributed by atoms with Gasteiger partial charge in [0.15, 0.2) is 0 Å². The fourth-order valence-electron chi connectivity index (χ4n) is 2.47. The van der Waals surface area contributed by atoms with Gasteiger partial charge >= 0.3 is 5.97 Å². The quantitative estimate of drug-likeness (QED) is 0.919. The van der Waals surface area contributed by atoms with Crippen molar-refractivity contribution in [2.45, 2.75) is 33.6 Å². The summed E-state index contributed by atoms with van der Waals surface area (Å²) < 4.78 is 7.23. The van der Waals surface area contributed by atoms with Crippen LogP contribution < -0.4 is 4.74 Å². The van der Waals surface area contributed by atoms with Crippen LogP contribution >= 0.6 is 0 Å². The molecule has 112 valence electrons. The van der Waals surface area contributed by atoms with Crippen molar-refractivity contribution in [3.8, 4) is 11.4 Å². The van der Waals surface area contributed by atoms with Crippen molar-refractivity contribution in [2.75, 3.05) is 7.11 Å². The van der Waals surface area contributed by atoms with Gasteiger partial charge < -0.3 is 9.84 Å². The molecule has 1 heterocycles. The first-order chi connectivity index (χ1) is 9.93. The second kappa shape index (κ2) is 5.99. The lowest BCUT2D eigenvalue weighted by molar-refractivity contribution is -0.136. The van der Waals surface area contributed by atoms with Crippen molar-refractivity contribution in [2.24, 2.45) is 0 Å². The van der Waals surface area contributed by atoms with E-state index in [4.69, 9.17) is 9.84 Å². The number of carboxylic acids is 1. The Hall–Kier alpha value is -2.30. The van der Waals surface area contributed by atoms with E-state index in [1.807, 2.05) is 43.7 Å². The first kappa shape index (κ1) is 15.1. The van der Waals surface area contributed by atoms with Gasteiger partial charge in [0, 0.05) is 12.1 Å². The van der Waals surface area contributed by atoms with Crippen LogP contribution in [0, 0.1) is 20.8 Å². The van der Waals surface area contributed by atoms with E-state index in [1.165, 1.54) is 0 Å². The average molecular weight is 288 g/mol. The number of carboxylic acid groups (broad SMARTS) is 1. The molecule has 1 aromatic heterocycles. The largest absolute Gasteiger partial charge is 0.494 e. The summed E-state index contributed by atoms with van der Waals surface area (Å²) in [6.45, 7) is 5.88. The van der Waals surface area contributed by atoms with Crippen LogP contribution in [0.4, 0.5) is 0 Å². The van der Waals surface area contributed by atoms with Gasteiger partial charge in [-0.3, -0.25) is 4.79 Å². The van der Waals surface area contributed by atoms with Crippen LogP contribution in [0.2, 0.25) is 0 Å². The van der Waals surface area contributed by atoms with E-state index >= 15 is 0 Å². The molecule has 0 aliphatic heterocycles. The molecular formula is C16H20N2O3. The molecule has 0 amide bonds. The van der Waals surface area contributed by atoms with Gasteiger partial charge in [0.05, 0.1) is 12.8 Å². The van der Waals surface area contributed by atoms with Crippen molar-refractivity contribution >= 4 is 5.97 Å². The summed E-state index contributed by atoms with van der Waals surface area (Å²) in [7, 11) is 1.63. The molecule has 0 fully saturated rings. The predicted molar refractivity (Wildman–Crippen MR) is 80.3 cm³/mol. The van der Waals surface area contributed by atoms with E-state index in [9.17, 15) is 4.79 Å². The van der Waals surface area contributed by atoms with Gasteiger partial charge in [0.25, 0.3) is 0 Å². The van der Waals surface area contributed by atoms with Gasteiger partial charge in [-0.1, -0.05) is 6.07 Å². The third kappa shape index (κ3) is 3.07. The van der Waals surface area contributed by atoms with Crippen LogP contribution in [0.5, 0.6) is 5.75 Å². The van der Waals surface area contributed by atoms with E-state index < -0.39 is 5.97 Å². The zero-order valence-electron chi connectivity index (χ0n) is 12.8. The third-order valence-electron chi connectivity index (χ3n) is 3.59. The number of aryl methyl sites for hydroxylation is 2. The molecular weight excluding hydrogens is 268 g/mol. The highest BCUT2D eigenvalue weighted by atomic mass is 16.5. The molecule has 0 saturated carbocycles. The molecule has 21 heavy (non-hydrogen) atoms. The molecule has 0 atom stereocenters. The number of ether oxygens (including phenoxy) is 1. The lowest BCUT2D eigenvalue weighted by Gasteiger charge is -2.11. The molecule has 1 N–H and O–H groups in total. The normalized spacial score (nSPS) is 10.7. The Morgan fingerprint density at radius 2 is 2.05 bits per heavy atom. The lowest BCUT2D eigenvalue weighted by atomic mass is 10.1. The molecule has 5 heteroatoms. The predicted octanol–water partition coefficient (Wildman–Crippen LogP) is 2.82. The van der Waals surface area contributed by atoms with Gasteiger partial charge in [0.2, 0.25) is 0 Å². The van der Waals surface area contributed by atoms with Crippen LogP contribution in [0.3, 0.4) is 0 Å². The van der Waals surface area contributed by atoms with Gasteiger partial charge in [-0.2, -0.15) is 5.10 Å². The zero-order valence-corrected chi connectivity index (χ0v) is 12.8. The van der Waals surface area contributed by atoms with Crippen LogP contribution in [0.1, 0.15) is 28.9 Å². The molecule has 2 rings (SSSR count). The van der Waals surface area contributed by atoms with Gasteiger partial charge in [-0.05, 0) is 50.5 Å². The number of aliphatic carboxylic acids is 1. The molecule has 0 spiro atoms. The number of methoxy groups -OCH3 is 1. The third-order valence-corrected chi connectivity index (χ3v) is 3.59. The Kier molecular flexibility index (Phi) is 4.31. The number of hydrogen-bond acceptors (Lipinski definition) is 3. The SMILES string of the molecule is COc1ccc(C)cc1-n1nc(C)c(CCC(=O)O)c1C. The monoisotopic (exact) mass is 288 g/mol. The van der Waals surface area contributed by atoms with Crippen LogP contribution in [0.25, 0.3) is 5.69 Å². The van der Waals surface area contributed by atoms with Gasteiger partial charge in [-0.25, -0.2) is 4.68 Å². The van der Waals surface area contributed by atoms with Crippen LogP contribution in [0.15, 0.2) is 18.2 Å². The summed E-state index contributed by atoms with van der Waals surface area (Å²) in [6, 6.07) is 5.91. The van der Waals surface area contributed by atoms with E-state index in [1.54, 1.807) is 7.11 Å². The highest BCUT2D eigenvalue weighted by molar-refractivity contribution is 5.67. The summed E-state index contributed by atoms with van der Waals surface area (Å²) in [6.07, 6.45) is 0.597. The summed E-state index contributed by atoms with van der Waals surface area (Å²) >= 11 is 0. The van der Waals surface area contributed by atoms with Crippen molar-refractivity contribution in [1.29, 1.82) is 0 Å². The van der Waals surface area contributed by atoms with Crippen molar-refractivity contribution in [3.63, 3.8) is 0 Å². The average Bonchev–Trinajstić information content (AvgIpc) is 2.71.